The number of nitrogens with zero attached hydrogens (tertiary/aromatic N) is 4. The molecule has 0 radical (unpaired) electrons. The monoisotopic (exact) mass is 802 g/mol. The molecule has 0 aliphatic heterocycles. The first-order chi connectivity index (χ1) is 30.2. The molecule has 1 heterocycles. The summed E-state index contributed by atoms with van der Waals surface area (Å²) in [6.45, 7) is 13.4. The van der Waals surface area contributed by atoms with E-state index in [4.69, 9.17) is 15.0 Å². The molecular formula is C58H50N4. The number of hydrogen-bond acceptors (Lipinski definition) is 4. The van der Waals surface area contributed by atoms with E-state index < -0.39 is 0 Å². The summed E-state index contributed by atoms with van der Waals surface area (Å²) in [7, 11) is 0. The van der Waals surface area contributed by atoms with E-state index in [0.29, 0.717) is 17.6 Å². The highest BCUT2D eigenvalue weighted by atomic mass is 15.3. The van der Waals surface area contributed by atoms with Gasteiger partial charge < -0.3 is 0 Å². The van der Waals surface area contributed by atoms with Crippen LogP contribution < -0.4 is 4.90 Å². The zero-order chi connectivity index (χ0) is 42.7. The van der Waals surface area contributed by atoms with Gasteiger partial charge in [-0.1, -0.05) is 175 Å². The van der Waals surface area contributed by atoms with Crippen molar-refractivity contribution in [3.63, 3.8) is 0 Å². The first-order valence-electron chi connectivity index (χ1n) is 21.4. The molecule has 302 valence electrons. The zero-order valence-corrected chi connectivity index (χ0v) is 36.3. The van der Waals surface area contributed by atoms with Crippen LogP contribution in [0.2, 0.25) is 0 Å². The Bertz CT molecular complexity index is 2870. The lowest BCUT2D eigenvalue weighted by atomic mass is 9.77. The maximum absolute atomic E-state index is 5.28. The molecule has 0 saturated carbocycles. The number of rotatable bonds is 10. The fourth-order valence-corrected chi connectivity index (χ4v) is 9.15. The summed E-state index contributed by atoms with van der Waals surface area (Å²) in [5.74, 6) is 1.80. The van der Waals surface area contributed by atoms with Crippen LogP contribution in [0.3, 0.4) is 0 Å². The maximum atomic E-state index is 5.28. The van der Waals surface area contributed by atoms with Gasteiger partial charge in [-0.05, 0) is 127 Å². The lowest BCUT2D eigenvalue weighted by Gasteiger charge is -2.28. The van der Waals surface area contributed by atoms with Gasteiger partial charge in [0.2, 0.25) is 5.95 Å². The number of benzene rings is 8. The molecule has 0 unspecified atom stereocenters. The van der Waals surface area contributed by atoms with E-state index in [9.17, 15) is 0 Å². The van der Waals surface area contributed by atoms with Crippen molar-refractivity contribution < 1.29 is 0 Å². The molecule has 0 aliphatic rings. The average molecular weight is 803 g/mol. The second kappa shape index (κ2) is 17.3. The van der Waals surface area contributed by atoms with Gasteiger partial charge in [-0.15, -0.1) is 0 Å². The second-order valence-corrected chi connectivity index (χ2v) is 16.5. The fraction of sp³-hybridized carbons (Fsp3) is 0.121. The van der Waals surface area contributed by atoms with E-state index in [-0.39, 0.29) is 5.92 Å². The lowest BCUT2D eigenvalue weighted by molar-refractivity contribution is 0.919. The Morgan fingerprint density at radius 3 is 1.08 bits per heavy atom. The molecule has 4 heteroatoms. The van der Waals surface area contributed by atoms with Gasteiger partial charge in [-0.3, -0.25) is 4.90 Å². The van der Waals surface area contributed by atoms with Gasteiger partial charge in [-0.25, -0.2) is 4.98 Å². The molecule has 0 spiro atoms. The molecule has 0 fully saturated rings. The molecule has 0 atom stereocenters. The molecule has 0 amide bonds. The molecule has 8 aromatic carbocycles. The van der Waals surface area contributed by atoms with Crippen LogP contribution >= 0.6 is 0 Å². The van der Waals surface area contributed by atoms with Gasteiger partial charge in [0.25, 0.3) is 0 Å². The summed E-state index contributed by atoms with van der Waals surface area (Å²) in [4.78, 5) is 17.8. The van der Waals surface area contributed by atoms with Crippen molar-refractivity contribution in [1.82, 2.24) is 15.0 Å². The molecule has 0 bridgehead atoms. The quantitative estimate of drug-likeness (QED) is 0.129. The van der Waals surface area contributed by atoms with E-state index in [0.717, 1.165) is 44.8 Å². The lowest BCUT2D eigenvalue weighted by Crippen LogP contribution is -2.16. The third kappa shape index (κ3) is 8.20. The first kappa shape index (κ1) is 40.0. The minimum Gasteiger partial charge on any atom is -0.279 e. The van der Waals surface area contributed by atoms with Crippen molar-refractivity contribution in [3.8, 4) is 45.0 Å². The molecule has 9 rings (SSSR count). The Kier molecular flexibility index (Phi) is 11.1. The predicted octanol–water partition coefficient (Wildman–Crippen LogP) is 15.0. The van der Waals surface area contributed by atoms with Crippen molar-refractivity contribution in [2.24, 2.45) is 0 Å². The summed E-state index contributed by atoms with van der Waals surface area (Å²) in [5, 5.41) is 0. The van der Waals surface area contributed by atoms with Crippen molar-refractivity contribution in [3.05, 3.63) is 238 Å². The van der Waals surface area contributed by atoms with Crippen molar-refractivity contribution in [2.75, 3.05) is 4.90 Å². The summed E-state index contributed by atoms with van der Waals surface area (Å²) in [5.41, 5.74) is 20.1. The maximum Gasteiger partial charge on any atom is 0.238 e. The number of anilines is 3. The van der Waals surface area contributed by atoms with E-state index in [2.05, 4.69) is 210 Å². The molecule has 62 heavy (non-hydrogen) atoms. The van der Waals surface area contributed by atoms with Crippen molar-refractivity contribution in [1.29, 1.82) is 0 Å². The Balaban J connectivity index is 1.21. The van der Waals surface area contributed by atoms with Crippen LogP contribution in [0.5, 0.6) is 0 Å². The van der Waals surface area contributed by atoms with Crippen LogP contribution in [0.4, 0.5) is 17.3 Å². The fourth-order valence-electron chi connectivity index (χ4n) is 9.15. The summed E-state index contributed by atoms with van der Waals surface area (Å²) in [6, 6.07) is 66.6. The summed E-state index contributed by atoms with van der Waals surface area (Å²) >= 11 is 0. The highest BCUT2D eigenvalue weighted by Gasteiger charge is 2.26. The average Bonchev–Trinajstić information content (AvgIpc) is 3.29. The zero-order valence-electron chi connectivity index (χ0n) is 36.3. The van der Waals surface area contributed by atoms with Crippen LogP contribution in [0.15, 0.2) is 188 Å². The number of aromatic nitrogens is 3. The van der Waals surface area contributed by atoms with Crippen LogP contribution in [0, 0.1) is 41.5 Å². The van der Waals surface area contributed by atoms with Gasteiger partial charge >= 0.3 is 0 Å². The molecule has 9 aromatic rings. The van der Waals surface area contributed by atoms with Crippen molar-refractivity contribution in [2.45, 2.75) is 47.5 Å². The Morgan fingerprint density at radius 1 is 0.339 bits per heavy atom. The minimum absolute atomic E-state index is 0.0520. The van der Waals surface area contributed by atoms with E-state index in [1.165, 1.54) is 50.1 Å². The SMILES string of the molecule is Cc1cc(C)c(C(c2ccc(N(c3ccc(-c4ccccc4)cc3)c3nc(-c4ccccc4)nc(-c4ccc(-c5ccccc5)cc4)n3)cc2)c2c(C)cc(C)cc2C)c(C)c1. The first-order valence-corrected chi connectivity index (χ1v) is 21.4. The summed E-state index contributed by atoms with van der Waals surface area (Å²) < 4.78 is 0. The molecule has 4 nitrogen and oxygen atoms in total. The Hall–Kier alpha value is -7.43. The standard InChI is InChI=1S/C58H50N4/c1-38-34-40(3)53(41(4)35-38)55(54-42(5)36-39(2)37-43(54)6)48-28-32-52(33-29-48)62(51-30-26-47(27-31-51)45-18-12-8-13-19-45)58-60-56(49-20-14-9-15-21-49)59-57(61-58)50-24-22-46(23-25-50)44-16-10-7-11-17-44/h7-37,55H,1-6H3. The van der Waals surface area contributed by atoms with Crippen LogP contribution in [-0.2, 0) is 0 Å². The Morgan fingerprint density at radius 2 is 0.661 bits per heavy atom. The highest BCUT2D eigenvalue weighted by molar-refractivity contribution is 5.78. The smallest absolute Gasteiger partial charge is 0.238 e. The third-order valence-corrected chi connectivity index (χ3v) is 11.9. The molecule has 0 saturated heterocycles. The van der Waals surface area contributed by atoms with E-state index >= 15 is 0 Å². The van der Waals surface area contributed by atoms with Crippen molar-refractivity contribution >= 4 is 17.3 Å². The molecular weight excluding hydrogens is 753 g/mol. The molecule has 1 aromatic heterocycles. The van der Waals surface area contributed by atoms with Gasteiger partial charge in [0.15, 0.2) is 11.6 Å². The predicted molar refractivity (Wildman–Crippen MR) is 259 cm³/mol. The van der Waals surface area contributed by atoms with Gasteiger partial charge in [-0.2, -0.15) is 9.97 Å². The molecule has 0 aliphatic carbocycles. The number of hydrogen-bond donors (Lipinski definition) is 0. The highest BCUT2D eigenvalue weighted by Crippen LogP contribution is 2.42. The van der Waals surface area contributed by atoms with Gasteiger partial charge in [0.05, 0.1) is 0 Å². The second-order valence-electron chi connectivity index (χ2n) is 16.5. The van der Waals surface area contributed by atoms with Crippen LogP contribution in [0.1, 0.15) is 56.0 Å². The van der Waals surface area contributed by atoms with E-state index in [1.54, 1.807) is 0 Å². The minimum atomic E-state index is 0.0520. The number of aryl methyl sites for hydroxylation is 6. The largest absolute Gasteiger partial charge is 0.279 e. The van der Waals surface area contributed by atoms with Crippen LogP contribution in [0.25, 0.3) is 45.0 Å². The topological polar surface area (TPSA) is 41.9 Å². The Labute approximate surface area is 366 Å². The van der Waals surface area contributed by atoms with Gasteiger partial charge in [0, 0.05) is 28.4 Å². The summed E-state index contributed by atoms with van der Waals surface area (Å²) in [6.07, 6.45) is 0. The molecule has 0 N–H and O–H groups in total. The van der Waals surface area contributed by atoms with Gasteiger partial charge in [0.1, 0.15) is 0 Å². The van der Waals surface area contributed by atoms with E-state index in [1.807, 2.05) is 24.3 Å². The third-order valence-electron chi connectivity index (χ3n) is 11.9. The van der Waals surface area contributed by atoms with Crippen LogP contribution in [-0.4, -0.2) is 15.0 Å². The normalized spacial score (nSPS) is 11.2.